The molecular formula is C14H15NO. The van der Waals surface area contributed by atoms with E-state index in [1.54, 1.807) is 0 Å². The van der Waals surface area contributed by atoms with Gasteiger partial charge >= 0.3 is 0 Å². The maximum Gasteiger partial charge on any atom is 0.150 e. The molecule has 1 aromatic carbocycles. The number of aldehydes is 1. The van der Waals surface area contributed by atoms with E-state index in [2.05, 4.69) is 25.0 Å². The summed E-state index contributed by atoms with van der Waals surface area (Å²) in [4.78, 5) is 10.8. The molecular weight excluding hydrogens is 198 g/mol. The zero-order valence-corrected chi connectivity index (χ0v) is 9.66. The van der Waals surface area contributed by atoms with Crippen molar-refractivity contribution in [3.05, 3.63) is 41.6 Å². The SMILES string of the molecule is C=Cc1c(C)n(CC)c2ccc(C=O)cc12. The fourth-order valence-electron chi connectivity index (χ4n) is 2.26. The minimum atomic E-state index is 0.712. The first-order valence-corrected chi connectivity index (χ1v) is 5.43. The molecule has 2 heteroatoms. The average Bonchev–Trinajstić information content (AvgIpc) is 2.59. The Morgan fingerprint density at radius 2 is 2.19 bits per heavy atom. The van der Waals surface area contributed by atoms with Crippen LogP contribution >= 0.6 is 0 Å². The quantitative estimate of drug-likeness (QED) is 0.716. The van der Waals surface area contributed by atoms with Gasteiger partial charge in [0.15, 0.2) is 0 Å². The summed E-state index contributed by atoms with van der Waals surface area (Å²) in [6.45, 7) is 8.97. The molecule has 16 heavy (non-hydrogen) atoms. The zero-order chi connectivity index (χ0) is 11.7. The van der Waals surface area contributed by atoms with Crippen LogP contribution in [-0.4, -0.2) is 10.9 Å². The Kier molecular flexibility index (Phi) is 2.65. The van der Waals surface area contributed by atoms with Gasteiger partial charge in [0.2, 0.25) is 0 Å². The van der Waals surface area contributed by atoms with Gasteiger partial charge in [0, 0.05) is 34.3 Å². The largest absolute Gasteiger partial charge is 0.345 e. The maximum absolute atomic E-state index is 10.8. The highest BCUT2D eigenvalue weighted by molar-refractivity contribution is 5.94. The molecule has 0 spiro atoms. The van der Waals surface area contributed by atoms with Crippen LogP contribution in [0, 0.1) is 6.92 Å². The first-order chi connectivity index (χ1) is 7.72. The Hall–Kier alpha value is -1.83. The molecule has 0 unspecified atom stereocenters. The molecule has 0 bridgehead atoms. The molecule has 0 radical (unpaired) electrons. The van der Waals surface area contributed by atoms with Crippen molar-refractivity contribution in [3.8, 4) is 0 Å². The van der Waals surface area contributed by atoms with Crippen molar-refractivity contribution in [1.82, 2.24) is 4.57 Å². The first kappa shape index (κ1) is 10.7. The molecule has 0 aliphatic rings. The Balaban J connectivity index is 2.88. The second-order valence-corrected chi connectivity index (χ2v) is 3.84. The van der Waals surface area contributed by atoms with Crippen LogP contribution < -0.4 is 0 Å². The van der Waals surface area contributed by atoms with Gasteiger partial charge in [-0.15, -0.1) is 0 Å². The van der Waals surface area contributed by atoms with E-state index >= 15 is 0 Å². The van der Waals surface area contributed by atoms with Gasteiger partial charge in [0.1, 0.15) is 6.29 Å². The Bertz CT molecular complexity index is 564. The predicted octanol–water partition coefficient (Wildman–Crippen LogP) is 3.43. The van der Waals surface area contributed by atoms with E-state index in [0.717, 1.165) is 23.8 Å². The van der Waals surface area contributed by atoms with Crippen molar-refractivity contribution >= 4 is 23.3 Å². The Morgan fingerprint density at radius 3 is 2.75 bits per heavy atom. The fourth-order valence-corrected chi connectivity index (χ4v) is 2.26. The van der Waals surface area contributed by atoms with Crippen LogP contribution in [0.15, 0.2) is 24.8 Å². The van der Waals surface area contributed by atoms with Crippen LogP contribution in [0.25, 0.3) is 17.0 Å². The summed E-state index contributed by atoms with van der Waals surface area (Å²) < 4.78 is 2.24. The molecule has 82 valence electrons. The second-order valence-electron chi connectivity index (χ2n) is 3.84. The number of rotatable bonds is 3. The third kappa shape index (κ3) is 1.38. The van der Waals surface area contributed by atoms with Crippen LogP contribution in [0.2, 0.25) is 0 Å². The van der Waals surface area contributed by atoms with Crippen molar-refractivity contribution < 1.29 is 4.79 Å². The highest BCUT2D eigenvalue weighted by Gasteiger charge is 2.10. The second kappa shape index (κ2) is 3.97. The van der Waals surface area contributed by atoms with Gasteiger partial charge in [-0.3, -0.25) is 4.79 Å². The Labute approximate surface area is 95.2 Å². The monoisotopic (exact) mass is 213 g/mol. The summed E-state index contributed by atoms with van der Waals surface area (Å²) in [7, 11) is 0. The molecule has 0 N–H and O–H groups in total. The van der Waals surface area contributed by atoms with Crippen molar-refractivity contribution in [3.63, 3.8) is 0 Å². The number of hydrogen-bond donors (Lipinski definition) is 0. The third-order valence-corrected chi connectivity index (χ3v) is 3.05. The zero-order valence-electron chi connectivity index (χ0n) is 9.66. The number of hydrogen-bond acceptors (Lipinski definition) is 1. The molecule has 2 rings (SSSR count). The highest BCUT2D eigenvalue weighted by Crippen LogP contribution is 2.27. The Morgan fingerprint density at radius 1 is 1.44 bits per heavy atom. The molecule has 0 amide bonds. The van der Waals surface area contributed by atoms with E-state index in [4.69, 9.17) is 0 Å². The smallest absolute Gasteiger partial charge is 0.150 e. The van der Waals surface area contributed by atoms with E-state index in [0.29, 0.717) is 5.56 Å². The lowest BCUT2D eigenvalue weighted by Gasteiger charge is -2.03. The van der Waals surface area contributed by atoms with E-state index < -0.39 is 0 Å². The van der Waals surface area contributed by atoms with Gasteiger partial charge in [0.05, 0.1) is 0 Å². The molecule has 1 heterocycles. The number of benzene rings is 1. The van der Waals surface area contributed by atoms with E-state index in [9.17, 15) is 4.79 Å². The van der Waals surface area contributed by atoms with E-state index in [1.165, 1.54) is 11.2 Å². The number of fused-ring (bicyclic) bond motifs is 1. The summed E-state index contributed by atoms with van der Waals surface area (Å²) in [6.07, 6.45) is 2.74. The van der Waals surface area contributed by atoms with Gasteiger partial charge in [-0.05, 0) is 32.0 Å². The molecule has 0 saturated carbocycles. The van der Waals surface area contributed by atoms with Gasteiger partial charge in [-0.25, -0.2) is 0 Å². The lowest BCUT2D eigenvalue weighted by molar-refractivity contribution is 0.112. The predicted molar refractivity (Wildman–Crippen MR) is 67.8 cm³/mol. The van der Waals surface area contributed by atoms with Crippen LogP contribution in [0.3, 0.4) is 0 Å². The summed E-state index contributed by atoms with van der Waals surface area (Å²) in [6, 6.07) is 5.79. The third-order valence-electron chi connectivity index (χ3n) is 3.05. The van der Waals surface area contributed by atoms with Crippen LogP contribution in [-0.2, 0) is 6.54 Å². The maximum atomic E-state index is 10.8. The molecule has 0 aliphatic carbocycles. The van der Waals surface area contributed by atoms with Crippen LogP contribution in [0.1, 0.15) is 28.5 Å². The van der Waals surface area contributed by atoms with Gasteiger partial charge in [-0.1, -0.05) is 12.7 Å². The highest BCUT2D eigenvalue weighted by atomic mass is 16.1. The number of carbonyl (C=O) groups is 1. The van der Waals surface area contributed by atoms with Gasteiger partial charge in [0.25, 0.3) is 0 Å². The number of aryl methyl sites for hydroxylation is 1. The van der Waals surface area contributed by atoms with E-state index in [1.807, 2.05) is 24.3 Å². The van der Waals surface area contributed by atoms with Crippen LogP contribution in [0.4, 0.5) is 0 Å². The minimum Gasteiger partial charge on any atom is -0.345 e. The normalized spacial score (nSPS) is 10.6. The van der Waals surface area contributed by atoms with E-state index in [-0.39, 0.29) is 0 Å². The molecule has 0 atom stereocenters. The molecule has 1 aromatic heterocycles. The number of carbonyl (C=O) groups excluding carboxylic acids is 1. The summed E-state index contributed by atoms with van der Waals surface area (Å²) in [5, 5.41) is 1.11. The van der Waals surface area contributed by atoms with Crippen LogP contribution in [0.5, 0.6) is 0 Å². The molecule has 2 nitrogen and oxygen atoms in total. The minimum absolute atomic E-state index is 0.712. The lowest BCUT2D eigenvalue weighted by atomic mass is 10.1. The van der Waals surface area contributed by atoms with Crippen molar-refractivity contribution in [2.75, 3.05) is 0 Å². The molecule has 0 saturated heterocycles. The topological polar surface area (TPSA) is 22.0 Å². The lowest BCUT2D eigenvalue weighted by Crippen LogP contribution is -1.96. The van der Waals surface area contributed by atoms with Gasteiger partial charge in [-0.2, -0.15) is 0 Å². The summed E-state index contributed by atoms with van der Waals surface area (Å²) in [5.74, 6) is 0. The molecule has 2 aromatic rings. The average molecular weight is 213 g/mol. The summed E-state index contributed by atoms with van der Waals surface area (Å²) in [5.41, 5.74) is 4.21. The summed E-state index contributed by atoms with van der Waals surface area (Å²) >= 11 is 0. The standard InChI is InChI=1S/C14H15NO/c1-4-12-10(3)15(5-2)14-7-6-11(9-16)8-13(12)14/h4,6-9H,1,5H2,2-3H3. The molecule has 0 aliphatic heterocycles. The molecule has 0 fully saturated rings. The van der Waals surface area contributed by atoms with Crippen molar-refractivity contribution in [2.45, 2.75) is 20.4 Å². The van der Waals surface area contributed by atoms with Crippen molar-refractivity contribution in [1.29, 1.82) is 0 Å². The van der Waals surface area contributed by atoms with Gasteiger partial charge < -0.3 is 4.57 Å². The fraction of sp³-hybridized carbons (Fsp3) is 0.214. The first-order valence-electron chi connectivity index (χ1n) is 5.43. The van der Waals surface area contributed by atoms with Crippen molar-refractivity contribution in [2.24, 2.45) is 0 Å². The number of nitrogens with zero attached hydrogens (tertiary/aromatic N) is 1. The number of aromatic nitrogens is 1.